The van der Waals surface area contributed by atoms with Crippen molar-refractivity contribution >= 4 is 11.6 Å². The van der Waals surface area contributed by atoms with Gasteiger partial charge >= 0.3 is 0 Å². The van der Waals surface area contributed by atoms with Gasteiger partial charge in [-0.25, -0.2) is 0 Å². The number of rotatable bonds is 5. The van der Waals surface area contributed by atoms with Crippen molar-refractivity contribution in [3.8, 4) is 0 Å². The van der Waals surface area contributed by atoms with E-state index in [1.54, 1.807) is 0 Å². The van der Waals surface area contributed by atoms with Crippen LogP contribution < -0.4 is 15.5 Å². The monoisotopic (exact) mass is 287 g/mol. The molecule has 0 bridgehead atoms. The van der Waals surface area contributed by atoms with E-state index in [1.165, 1.54) is 11.3 Å². The van der Waals surface area contributed by atoms with Gasteiger partial charge in [0.1, 0.15) is 6.04 Å². The number of benzene rings is 1. The number of anilines is 1. The molecule has 1 aliphatic heterocycles. The van der Waals surface area contributed by atoms with Crippen LogP contribution in [0.15, 0.2) is 24.3 Å². The third-order valence-electron chi connectivity index (χ3n) is 4.50. The molecular formula is C17H25N3O. The summed E-state index contributed by atoms with van der Waals surface area (Å²) in [5.41, 5.74) is 2.52. The minimum atomic E-state index is -0.102. The lowest BCUT2D eigenvalue weighted by molar-refractivity contribution is -0.122. The Kier molecular flexibility index (Phi) is 4.15. The highest BCUT2D eigenvalue weighted by molar-refractivity contribution is 5.86. The van der Waals surface area contributed by atoms with Crippen LogP contribution in [0.5, 0.6) is 0 Å². The summed E-state index contributed by atoms with van der Waals surface area (Å²) in [6, 6.07) is 9.19. The van der Waals surface area contributed by atoms with Crippen LogP contribution >= 0.6 is 0 Å². The second kappa shape index (κ2) is 6.06. The Morgan fingerprint density at radius 1 is 1.33 bits per heavy atom. The molecule has 0 radical (unpaired) electrons. The molecule has 1 amide bonds. The normalized spacial score (nSPS) is 22.6. The van der Waals surface area contributed by atoms with E-state index in [-0.39, 0.29) is 11.9 Å². The number of nitrogens with one attached hydrogen (secondary N) is 2. The van der Waals surface area contributed by atoms with Crippen LogP contribution in [-0.2, 0) is 4.79 Å². The standard InChI is InChI=1S/C17H25N3O/c1-3-18-15-10-11-20(16-7-5-4-6-14(15)16)12(2)17(21)19-13-8-9-13/h4-7,12-13,15,18H,3,8-11H2,1-2H3,(H,19,21). The first kappa shape index (κ1) is 14.4. The van der Waals surface area contributed by atoms with Crippen molar-refractivity contribution in [2.24, 2.45) is 0 Å². The zero-order chi connectivity index (χ0) is 14.8. The van der Waals surface area contributed by atoms with Crippen LogP contribution in [0, 0.1) is 0 Å². The predicted octanol–water partition coefficient (Wildman–Crippen LogP) is 2.21. The van der Waals surface area contributed by atoms with Crippen molar-refractivity contribution in [1.29, 1.82) is 0 Å². The van der Waals surface area contributed by atoms with Gasteiger partial charge in [0, 0.05) is 24.3 Å². The van der Waals surface area contributed by atoms with Crippen molar-refractivity contribution in [1.82, 2.24) is 10.6 Å². The van der Waals surface area contributed by atoms with Crippen LogP contribution in [0.3, 0.4) is 0 Å². The summed E-state index contributed by atoms with van der Waals surface area (Å²) < 4.78 is 0. The average molecular weight is 287 g/mol. The van der Waals surface area contributed by atoms with Gasteiger partial charge in [-0.05, 0) is 44.4 Å². The van der Waals surface area contributed by atoms with Gasteiger partial charge in [0.2, 0.25) is 5.91 Å². The Balaban J connectivity index is 1.79. The molecule has 0 spiro atoms. The molecular weight excluding hydrogens is 262 g/mol. The van der Waals surface area contributed by atoms with Crippen molar-refractivity contribution < 1.29 is 4.79 Å². The molecule has 1 heterocycles. The Hall–Kier alpha value is -1.55. The van der Waals surface area contributed by atoms with E-state index in [0.717, 1.165) is 32.4 Å². The van der Waals surface area contributed by atoms with Gasteiger partial charge in [-0.15, -0.1) is 0 Å². The maximum atomic E-state index is 12.3. The van der Waals surface area contributed by atoms with Crippen LogP contribution in [-0.4, -0.2) is 31.1 Å². The zero-order valence-corrected chi connectivity index (χ0v) is 12.9. The van der Waals surface area contributed by atoms with Crippen LogP contribution in [0.25, 0.3) is 0 Å². The van der Waals surface area contributed by atoms with Crippen molar-refractivity contribution in [2.45, 2.75) is 51.2 Å². The molecule has 1 saturated carbocycles. The second-order valence-corrected chi connectivity index (χ2v) is 6.11. The number of carbonyl (C=O) groups is 1. The first-order valence-corrected chi connectivity index (χ1v) is 8.10. The second-order valence-electron chi connectivity index (χ2n) is 6.11. The maximum Gasteiger partial charge on any atom is 0.242 e. The topological polar surface area (TPSA) is 44.4 Å². The lowest BCUT2D eigenvalue weighted by atomic mass is 9.95. The van der Waals surface area contributed by atoms with Gasteiger partial charge < -0.3 is 15.5 Å². The molecule has 3 rings (SSSR count). The van der Waals surface area contributed by atoms with Crippen molar-refractivity contribution in [2.75, 3.05) is 18.0 Å². The van der Waals surface area contributed by atoms with Crippen LogP contribution in [0.1, 0.15) is 44.7 Å². The maximum absolute atomic E-state index is 12.3. The molecule has 2 N–H and O–H groups in total. The molecule has 21 heavy (non-hydrogen) atoms. The van der Waals surface area contributed by atoms with Gasteiger partial charge in [0.15, 0.2) is 0 Å². The molecule has 4 nitrogen and oxygen atoms in total. The lowest BCUT2D eigenvalue weighted by Crippen LogP contribution is -2.49. The van der Waals surface area contributed by atoms with E-state index in [1.807, 2.05) is 6.92 Å². The molecule has 114 valence electrons. The molecule has 2 unspecified atom stereocenters. The molecule has 4 heteroatoms. The number of fused-ring (bicyclic) bond motifs is 1. The van der Waals surface area contributed by atoms with Gasteiger partial charge in [-0.1, -0.05) is 25.1 Å². The van der Waals surface area contributed by atoms with Crippen LogP contribution in [0.2, 0.25) is 0 Å². The van der Waals surface area contributed by atoms with Crippen molar-refractivity contribution in [3.05, 3.63) is 29.8 Å². The van der Waals surface area contributed by atoms with Gasteiger partial charge in [0.05, 0.1) is 0 Å². The summed E-state index contributed by atoms with van der Waals surface area (Å²) in [5.74, 6) is 0.161. The number of nitrogens with zero attached hydrogens (tertiary/aromatic N) is 1. The largest absolute Gasteiger partial charge is 0.359 e. The smallest absolute Gasteiger partial charge is 0.242 e. The van der Waals surface area contributed by atoms with Crippen molar-refractivity contribution in [3.63, 3.8) is 0 Å². The van der Waals surface area contributed by atoms with E-state index in [2.05, 4.69) is 46.7 Å². The van der Waals surface area contributed by atoms with Gasteiger partial charge in [-0.2, -0.15) is 0 Å². The highest BCUT2D eigenvalue weighted by Crippen LogP contribution is 2.34. The summed E-state index contributed by atoms with van der Waals surface area (Å²) >= 11 is 0. The fourth-order valence-corrected chi connectivity index (χ4v) is 3.14. The summed E-state index contributed by atoms with van der Waals surface area (Å²) in [7, 11) is 0. The number of para-hydroxylation sites is 1. The van der Waals surface area contributed by atoms with E-state index in [9.17, 15) is 4.79 Å². The minimum absolute atomic E-state index is 0.102. The number of amides is 1. The molecule has 1 aromatic carbocycles. The SMILES string of the molecule is CCNC1CCN(C(C)C(=O)NC2CC2)c2ccccc21. The molecule has 0 aromatic heterocycles. The average Bonchev–Trinajstić information content (AvgIpc) is 3.31. The third kappa shape index (κ3) is 3.05. The predicted molar refractivity (Wildman–Crippen MR) is 85.4 cm³/mol. The lowest BCUT2D eigenvalue weighted by Gasteiger charge is -2.39. The summed E-state index contributed by atoms with van der Waals surface area (Å²) in [4.78, 5) is 14.6. The minimum Gasteiger partial charge on any atom is -0.359 e. The number of carbonyl (C=O) groups excluding carboxylic acids is 1. The highest BCUT2D eigenvalue weighted by Gasteiger charge is 2.32. The number of hydrogen-bond acceptors (Lipinski definition) is 3. The highest BCUT2D eigenvalue weighted by atomic mass is 16.2. The first-order valence-electron chi connectivity index (χ1n) is 8.10. The fraction of sp³-hybridized carbons (Fsp3) is 0.588. The fourth-order valence-electron chi connectivity index (χ4n) is 3.14. The third-order valence-corrected chi connectivity index (χ3v) is 4.50. The summed E-state index contributed by atoms with van der Waals surface area (Å²) in [5, 5.41) is 6.67. The molecule has 1 fully saturated rings. The van der Waals surface area contributed by atoms with E-state index >= 15 is 0 Å². The van der Waals surface area contributed by atoms with Gasteiger partial charge in [-0.3, -0.25) is 4.79 Å². The molecule has 1 aliphatic carbocycles. The van der Waals surface area contributed by atoms with E-state index < -0.39 is 0 Å². The Morgan fingerprint density at radius 3 is 2.81 bits per heavy atom. The summed E-state index contributed by atoms with van der Waals surface area (Å²) in [6.07, 6.45) is 3.32. The first-order chi connectivity index (χ1) is 10.2. The Bertz CT molecular complexity index is 513. The Morgan fingerprint density at radius 2 is 2.10 bits per heavy atom. The number of hydrogen-bond donors (Lipinski definition) is 2. The van der Waals surface area contributed by atoms with Crippen LogP contribution in [0.4, 0.5) is 5.69 Å². The molecule has 2 aliphatic rings. The molecule has 2 atom stereocenters. The quantitative estimate of drug-likeness (QED) is 0.873. The summed E-state index contributed by atoms with van der Waals surface area (Å²) in [6.45, 7) is 6.05. The molecule has 1 aromatic rings. The molecule has 0 saturated heterocycles. The Labute approximate surface area is 126 Å². The van der Waals surface area contributed by atoms with E-state index in [4.69, 9.17) is 0 Å². The zero-order valence-electron chi connectivity index (χ0n) is 12.9. The van der Waals surface area contributed by atoms with E-state index in [0.29, 0.717) is 12.1 Å². The van der Waals surface area contributed by atoms with Gasteiger partial charge in [0.25, 0.3) is 0 Å².